The van der Waals surface area contributed by atoms with Crippen LogP contribution in [0.5, 0.6) is 0 Å². The van der Waals surface area contributed by atoms with Gasteiger partial charge in [0.25, 0.3) is 0 Å². The lowest BCUT2D eigenvalue weighted by atomic mass is 9.95. The van der Waals surface area contributed by atoms with Crippen LogP contribution < -0.4 is 0 Å². The zero-order chi connectivity index (χ0) is 19.1. The molecule has 4 rings (SSSR count). The van der Waals surface area contributed by atoms with Gasteiger partial charge in [-0.1, -0.05) is 6.07 Å². The minimum absolute atomic E-state index is 0.136. The van der Waals surface area contributed by atoms with E-state index in [-0.39, 0.29) is 17.4 Å². The van der Waals surface area contributed by atoms with E-state index in [1.165, 1.54) is 18.2 Å². The van der Waals surface area contributed by atoms with Gasteiger partial charge in [0.2, 0.25) is 5.91 Å². The third-order valence-electron chi connectivity index (χ3n) is 5.87. The fourth-order valence-corrected chi connectivity index (χ4v) is 4.75. The van der Waals surface area contributed by atoms with E-state index in [2.05, 4.69) is 0 Å². The molecule has 1 amide bonds. The summed E-state index contributed by atoms with van der Waals surface area (Å²) in [5.74, 6) is -1.11. The quantitative estimate of drug-likeness (QED) is 0.744. The third-order valence-corrected chi connectivity index (χ3v) is 6.36. The Balaban J connectivity index is 1.56. The van der Waals surface area contributed by atoms with Crippen LogP contribution in [0.4, 0.5) is 8.78 Å². The Morgan fingerprint density at radius 2 is 1.89 bits per heavy atom. The van der Waals surface area contributed by atoms with Gasteiger partial charge in [-0.15, -0.1) is 0 Å². The smallest absolute Gasteiger partial charge is 0.222 e. The Morgan fingerprint density at radius 1 is 1.22 bits per heavy atom. The van der Waals surface area contributed by atoms with Crippen LogP contribution in [-0.2, 0) is 31.2 Å². The summed E-state index contributed by atoms with van der Waals surface area (Å²) in [6, 6.07) is 3.99. The van der Waals surface area contributed by atoms with Crippen LogP contribution >= 0.6 is 12.2 Å². The molecule has 0 saturated carbocycles. The van der Waals surface area contributed by atoms with Crippen molar-refractivity contribution in [2.75, 3.05) is 13.1 Å². The van der Waals surface area contributed by atoms with Gasteiger partial charge in [0.15, 0.2) is 4.77 Å². The number of amides is 1. The van der Waals surface area contributed by atoms with Crippen molar-refractivity contribution >= 4 is 18.1 Å². The second kappa shape index (κ2) is 7.19. The maximum atomic E-state index is 14.2. The average Bonchev–Trinajstić information content (AvgIpc) is 3.34. The minimum Gasteiger partial charge on any atom is -0.343 e. The standard InChI is InChI=1S/C20H23F2N3OS/c1-23-16(7-8-18(26)24-9-2-3-10-24)17-11-13(12-25(17)20(23)27)19-14(21)5-4-6-15(19)22/h4-6,13H,2-3,7-12H2,1H3/t13-/m0/s1. The highest BCUT2D eigenvalue weighted by Crippen LogP contribution is 2.35. The van der Waals surface area contributed by atoms with Crippen LogP contribution in [0.2, 0.25) is 0 Å². The van der Waals surface area contributed by atoms with Gasteiger partial charge in [-0.2, -0.15) is 0 Å². The molecule has 0 unspecified atom stereocenters. The molecule has 1 atom stereocenters. The first kappa shape index (κ1) is 18.3. The van der Waals surface area contributed by atoms with Gasteiger partial charge < -0.3 is 14.0 Å². The van der Waals surface area contributed by atoms with Crippen molar-refractivity contribution in [3.63, 3.8) is 0 Å². The summed E-state index contributed by atoms with van der Waals surface area (Å²) >= 11 is 5.54. The van der Waals surface area contributed by atoms with Crippen LogP contribution in [0.25, 0.3) is 0 Å². The number of halogens is 2. The maximum Gasteiger partial charge on any atom is 0.222 e. The molecular formula is C20H23F2N3OS. The largest absolute Gasteiger partial charge is 0.343 e. The summed E-state index contributed by atoms with van der Waals surface area (Å²) in [5, 5.41) is 0. The Bertz CT molecular complexity index is 923. The molecule has 7 heteroatoms. The molecule has 1 aromatic heterocycles. The van der Waals surface area contributed by atoms with E-state index in [1.807, 2.05) is 21.1 Å². The van der Waals surface area contributed by atoms with Crippen LogP contribution in [0, 0.1) is 16.4 Å². The molecule has 1 fully saturated rings. The molecule has 3 heterocycles. The topological polar surface area (TPSA) is 30.2 Å². The molecule has 0 aliphatic carbocycles. The summed E-state index contributed by atoms with van der Waals surface area (Å²) < 4.78 is 33.0. The van der Waals surface area contributed by atoms with Crippen molar-refractivity contribution in [2.45, 2.75) is 44.6 Å². The second-order valence-electron chi connectivity index (χ2n) is 7.47. The van der Waals surface area contributed by atoms with E-state index in [0.717, 1.165) is 37.3 Å². The number of hydrogen-bond donors (Lipinski definition) is 0. The van der Waals surface area contributed by atoms with Crippen LogP contribution in [0.15, 0.2) is 18.2 Å². The van der Waals surface area contributed by atoms with Crippen molar-refractivity contribution in [1.82, 2.24) is 14.0 Å². The average molecular weight is 391 g/mol. The SMILES string of the molecule is Cn1c(CCC(=O)N2CCCC2)c2n(c1=S)C[C@@H](c1c(F)cccc1F)C2. The fourth-order valence-electron chi connectivity index (χ4n) is 4.45. The second-order valence-corrected chi connectivity index (χ2v) is 7.84. The number of hydrogen-bond acceptors (Lipinski definition) is 2. The molecule has 0 spiro atoms. The van der Waals surface area contributed by atoms with E-state index in [1.54, 1.807) is 0 Å². The molecule has 1 saturated heterocycles. The number of carbonyl (C=O) groups excluding carboxylic acids is 1. The van der Waals surface area contributed by atoms with Gasteiger partial charge in [-0.25, -0.2) is 8.78 Å². The predicted molar refractivity (Wildman–Crippen MR) is 101 cm³/mol. The minimum atomic E-state index is -0.508. The number of likely N-dealkylation sites (tertiary alicyclic amines) is 1. The van der Waals surface area contributed by atoms with Crippen molar-refractivity contribution in [3.05, 3.63) is 51.6 Å². The zero-order valence-corrected chi connectivity index (χ0v) is 16.2. The van der Waals surface area contributed by atoms with Crippen molar-refractivity contribution in [2.24, 2.45) is 7.05 Å². The molecule has 4 nitrogen and oxygen atoms in total. The molecule has 2 aliphatic heterocycles. The van der Waals surface area contributed by atoms with E-state index >= 15 is 0 Å². The number of nitrogens with zero attached hydrogens (tertiary/aromatic N) is 3. The summed E-state index contributed by atoms with van der Waals surface area (Å²) in [6.07, 6.45) is 3.73. The molecule has 1 aromatic carbocycles. The highest BCUT2D eigenvalue weighted by atomic mass is 32.1. The Hall–Kier alpha value is -2.02. The molecule has 2 aromatic rings. The highest BCUT2D eigenvalue weighted by Gasteiger charge is 2.32. The van der Waals surface area contributed by atoms with E-state index in [9.17, 15) is 13.6 Å². The van der Waals surface area contributed by atoms with Gasteiger partial charge in [0.1, 0.15) is 11.6 Å². The maximum absolute atomic E-state index is 14.2. The molecule has 0 N–H and O–H groups in total. The van der Waals surface area contributed by atoms with Crippen LogP contribution in [0.1, 0.15) is 42.1 Å². The normalized spacial score (nSPS) is 18.9. The molecule has 2 aliphatic rings. The first-order valence-corrected chi connectivity index (χ1v) is 9.87. The van der Waals surface area contributed by atoms with E-state index in [4.69, 9.17) is 12.2 Å². The first-order chi connectivity index (χ1) is 13.0. The molecular weight excluding hydrogens is 368 g/mol. The van der Waals surface area contributed by atoms with Crippen LogP contribution in [-0.4, -0.2) is 33.0 Å². The first-order valence-electron chi connectivity index (χ1n) is 9.46. The Morgan fingerprint density at radius 3 is 2.56 bits per heavy atom. The highest BCUT2D eigenvalue weighted by molar-refractivity contribution is 7.71. The fraction of sp³-hybridized carbons (Fsp3) is 0.500. The lowest BCUT2D eigenvalue weighted by Gasteiger charge is -2.16. The number of fused-ring (bicyclic) bond motifs is 1. The van der Waals surface area contributed by atoms with E-state index in [0.29, 0.717) is 30.6 Å². The van der Waals surface area contributed by atoms with Crippen molar-refractivity contribution in [3.8, 4) is 0 Å². The van der Waals surface area contributed by atoms with Gasteiger partial charge in [0.05, 0.1) is 0 Å². The summed E-state index contributed by atoms with van der Waals surface area (Å²) in [4.78, 5) is 14.3. The van der Waals surface area contributed by atoms with Crippen molar-refractivity contribution < 1.29 is 13.6 Å². The van der Waals surface area contributed by atoms with Gasteiger partial charge in [-0.05, 0) is 50.0 Å². The molecule has 0 radical (unpaired) electrons. The summed E-state index contributed by atoms with van der Waals surface area (Å²) in [7, 11) is 1.90. The summed E-state index contributed by atoms with van der Waals surface area (Å²) in [6.45, 7) is 2.17. The summed E-state index contributed by atoms with van der Waals surface area (Å²) in [5.41, 5.74) is 2.15. The third kappa shape index (κ3) is 3.22. The molecule has 27 heavy (non-hydrogen) atoms. The molecule has 0 bridgehead atoms. The lowest BCUT2D eigenvalue weighted by molar-refractivity contribution is -0.130. The van der Waals surface area contributed by atoms with Crippen molar-refractivity contribution in [1.29, 1.82) is 0 Å². The van der Waals surface area contributed by atoms with Gasteiger partial charge >= 0.3 is 0 Å². The van der Waals surface area contributed by atoms with Crippen LogP contribution in [0.3, 0.4) is 0 Å². The number of benzene rings is 1. The van der Waals surface area contributed by atoms with E-state index < -0.39 is 11.6 Å². The van der Waals surface area contributed by atoms with Gasteiger partial charge in [-0.3, -0.25) is 4.79 Å². The predicted octanol–water partition coefficient (Wildman–Crippen LogP) is 3.73. The monoisotopic (exact) mass is 391 g/mol. The zero-order valence-electron chi connectivity index (χ0n) is 15.4. The number of carbonyl (C=O) groups is 1. The molecule has 144 valence electrons. The number of imidazole rings is 1. The van der Waals surface area contributed by atoms with Gasteiger partial charge in [0, 0.05) is 56.0 Å². The number of rotatable bonds is 4. The number of aromatic nitrogens is 2. The lowest BCUT2D eigenvalue weighted by Crippen LogP contribution is -2.28. The Labute approximate surface area is 162 Å². The Kier molecular flexibility index (Phi) is 4.88.